The van der Waals surface area contributed by atoms with Crippen molar-refractivity contribution < 1.29 is 14.6 Å². The Bertz CT molecular complexity index is 526. The molecule has 1 spiro atoms. The van der Waals surface area contributed by atoms with Crippen molar-refractivity contribution >= 4 is 11.6 Å². The molecule has 1 N–H and O–H groups in total. The molecule has 1 aromatic rings. The highest BCUT2D eigenvalue weighted by atomic mass is 35.5. The molecule has 1 aromatic carbocycles. The molecular weight excluding hydrogens is 276 g/mol. The fourth-order valence-corrected chi connectivity index (χ4v) is 4.74. The average molecular weight is 297 g/mol. The summed E-state index contributed by atoms with van der Waals surface area (Å²) >= 11 is 6.10. The molecule has 2 aliphatic rings. The lowest BCUT2D eigenvalue weighted by Crippen LogP contribution is -2.82. The fraction of sp³-hybridized carbons (Fsp3) is 0.625. The number of aliphatic hydroxyl groups is 1. The maximum atomic E-state index is 11.5. The van der Waals surface area contributed by atoms with Crippen LogP contribution in [0.2, 0.25) is 5.02 Å². The first-order valence-electron chi connectivity index (χ1n) is 6.97. The molecule has 3 rings (SSSR count). The summed E-state index contributed by atoms with van der Waals surface area (Å²) in [6, 6.07) is 7.42. The first-order chi connectivity index (χ1) is 9.21. The molecule has 4 heteroatoms. The third-order valence-electron chi connectivity index (χ3n) is 5.39. The second-order valence-corrected chi connectivity index (χ2v) is 7.22. The fourth-order valence-electron chi connectivity index (χ4n) is 4.55. The van der Waals surface area contributed by atoms with E-state index in [-0.39, 0.29) is 0 Å². The van der Waals surface area contributed by atoms with E-state index in [1.807, 2.05) is 52.0 Å². The van der Waals surface area contributed by atoms with E-state index >= 15 is 0 Å². The minimum Gasteiger partial charge on any atom is -0.384 e. The zero-order valence-electron chi connectivity index (χ0n) is 12.4. The smallest absolute Gasteiger partial charge is 0.184 e. The van der Waals surface area contributed by atoms with Crippen LogP contribution in [-0.4, -0.2) is 24.1 Å². The molecular formula is C16H21ClO3. The van der Waals surface area contributed by atoms with Gasteiger partial charge in [-0.25, -0.2) is 0 Å². The van der Waals surface area contributed by atoms with Gasteiger partial charge in [-0.2, -0.15) is 0 Å². The average Bonchev–Trinajstić information content (AvgIpc) is 2.89. The summed E-state index contributed by atoms with van der Waals surface area (Å²) in [5.41, 5.74) is -1.38. The number of benzene rings is 1. The summed E-state index contributed by atoms with van der Waals surface area (Å²) in [5, 5.41) is 12.1. The molecule has 110 valence electrons. The predicted molar refractivity (Wildman–Crippen MR) is 77.5 cm³/mol. The van der Waals surface area contributed by atoms with E-state index in [1.165, 1.54) is 0 Å². The van der Waals surface area contributed by atoms with Gasteiger partial charge in [0.1, 0.15) is 5.60 Å². The molecule has 20 heavy (non-hydrogen) atoms. The van der Waals surface area contributed by atoms with Crippen LogP contribution in [0.15, 0.2) is 24.3 Å². The van der Waals surface area contributed by atoms with Gasteiger partial charge in [0.05, 0.1) is 24.0 Å². The van der Waals surface area contributed by atoms with E-state index in [0.29, 0.717) is 18.2 Å². The highest BCUT2D eigenvalue weighted by Gasteiger charge is 2.84. The number of rotatable bonds is 1. The molecule has 1 saturated carbocycles. The van der Waals surface area contributed by atoms with Crippen LogP contribution in [0.3, 0.4) is 0 Å². The Labute approximate surface area is 124 Å². The van der Waals surface area contributed by atoms with Crippen LogP contribution in [0.25, 0.3) is 0 Å². The lowest BCUT2D eigenvalue weighted by Gasteiger charge is -2.73. The minimum absolute atomic E-state index is 0.565. The van der Waals surface area contributed by atoms with Crippen molar-refractivity contribution in [1.29, 1.82) is 0 Å². The highest BCUT2D eigenvalue weighted by Crippen LogP contribution is 2.75. The van der Waals surface area contributed by atoms with Gasteiger partial charge in [-0.15, -0.1) is 0 Å². The third-order valence-corrected chi connectivity index (χ3v) is 5.63. The summed E-state index contributed by atoms with van der Waals surface area (Å²) in [5.74, 6) is -0.753. The standard InChI is InChI=1S/C16H21ClO3/c1-13(2)15(18,11-6-5-7-12(17)10-11)14(3,4)16(13)19-8-9-20-16/h5-7,10,18H,8-9H2,1-4H3. The summed E-state index contributed by atoms with van der Waals surface area (Å²) in [6.45, 7) is 9.10. The van der Waals surface area contributed by atoms with Crippen molar-refractivity contribution in [3.63, 3.8) is 0 Å². The van der Waals surface area contributed by atoms with E-state index in [1.54, 1.807) is 0 Å². The van der Waals surface area contributed by atoms with Crippen LogP contribution < -0.4 is 0 Å². The van der Waals surface area contributed by atoms with Gasteiger partial charge in [0.25, 0.3) is 0 Å². The molecule has 1 aliphatic carbocycles. The summed E-state index contributed by atoms with van der Waals surface area (Å²) in [7, 11) is 0. The second kappa shape index (κ2) is 3.98. The van der Waals surface area contributed by atoms with E-state index in [4.69, 9.17) is 21.1 Å². The van der Waals surface area contributed by atoms with Crippen LogP contribution in [0.1, 0.15) is 33.3 Å². The molecule has 2 fully saturated rings. The van der Waals surface area contributed by atoms with Crippen LogP contribution in [0, 0.1) is 10.8 Å². The van der Waals surface area contributed by atoms with Gasteiger partial charge < -0.3 is 14.6 Å². The monoisotopic (exact) mass is 296 g/mol. The Hall–Kier alpha value is -0.610. The summed E-state index contributed by atoms with van der Waals surface area (Å²) < 4.78 is 11.9. The van der Waals surface area contributed by atoms with Gasteiger partial charge in [0, 0.05) is 5.02 Å². The molecule has 0 amide bonds. The lowest BCUT2D eigenvalue weighted by molar-refractivity contribution is -0.457. The number of hydrogen-bond donors (Lipinski definition) is 1. The summed E-state index contributed by atoms with van der Waals surface area (Å²) in [6.07, 6.45) is 0. The molecule has 0 bridgehead atoms. The lowest BCUT2D eigenvalue weighted by atomic mass is 9.38. The van der Waals surface area contributed by atoms with Gasteiger partial charge in [-0.05, 0) is 17.7 Å². The van der Waals surface area contributed by atoms with Crippen molar-refractivity contribution in [2.24, 2.45) is 10.8 Å². The number of hydrogen-bond acceptors (Lipinski definition) is 3. The first-order valence-corrected chi connectivity index (χ1v) is 7.35. The number of ether oxygens (including phenoxy) is 2. The largest absolute Gasteiger partial charge is 0.384 e. The molecule has 1 aliphatic heterocycles. The van der Waals surface area contributed by atoms with Crippen molar-refractivity contribution in [3.8, 4) is 0 Å². The molecule has 0 aromatic heterocycles. The van der Waals surface area contributed by atoms with Crippen LogP contribution in [0.5, 0.6) is 0 Å². The van der Waals surface area contributed by atoms with Gasteiger partial charge >= 0.3 is 0 Å². The Morgan fingerprint density at radius 2 is 1.60 bits per heavy atom. The van der Waals surface area contributed by atoms with Crippen LogP contribution >= 0.6 is 11.6 Å². The third kappa shape index (κ3) is 1.28. The van der Waals surface area contributed by atoms with Gasteiger partial charge in [-0.3, -0.25) is 0 Å². The van der Waals surface area contributed by atoms with Gasteiger partial charge in [-0.1, -0.05) is 51.4 Å². The molecule has 1 saturated heterocycles. The van der Waals surface area contributed by atoms with E-state index in [2.05, 4.69) is 0 Å². The Morgan fingerprint density at radius 3 is 2.10 bits per heavy atom. The van der Waals surface area contributed by atoms with Crippen molar-refractivity contribution in [1.82, 2.24) is 0 Å². The van der Waals surface area contributed by atoms with Crippen molar-refractivity contribution in [2.75, 3.05) is 13.2 Å². The normalized spacial score (nSPS) is 28.3. The molecule has 0 unspecified atom stereocenters. The molecule has 0 atom stereocenters. The second-order valence-electron chi connectivity index (χ2n) is 6.78. The van der Waals surface area contributed by atoms with Gasteiger partial charge in [0.2, 0.25) is 0 Å². The Balaban J connectivity index is 2.15. The SMILES string of the molecule is CC1(C)C2(OCCO2)C(C)(C)C1(O)c1cccc(Cl)c1. The minimum atomic E-state index is -1.06. The quantitative estimate of drug-likeness (QED) is 0.864. The van der Waals surface area contributed by atoms with Crippen molar-refractivity contribution in [2.45, 2.75) is 39.1 Å². The predicted octanol–water partition coefficient (Wildman–Crippen LogP) is 3.34. The van der Waals surface area contributed by atoms with Crippen LogP contribution in [0.4, 0.5) is 0 Å². The zero-order chi connectivity index (χ0) is 14.8. The zero-order valence-corrected chi connectivity index (χ0v) is 13.1. The maximum absolute atomic E-state index is 11.5. The molecule has 1 heterocycles. The molecule has 0 radical (unpaired) electrons. The first kappa shape index (κ1) is 14.3. The molecule has 3 nitrogen and oxygen atoms in total. The topological polar surface area (TPSA) is 38.7 Å². The van der Waals surface area contributed by atoms with E-state index < -0.39 is 22.2 Å². The van der Waals surface area contributed by atoms with E-state index in [9.17, 15) is 5.11 Å². The highest BCUT2D eigenvalue weighted by molar-refractivity contribution is 6.30. The summed E-state index contributed by atoms with van der Waals surface area (Å²) in [4.78, 5) is 0. The van der Waals surface area contributed by atoms with E-state index in [0.717, 1.165) is 5.56 Å². The van der Waals surface area contributed by atoms with Crippen LogP contribution in [-0.2, 0) is 15.1 Å². The Morgan fingerprint density at radius 1 is 1.05 bits per heavy atom. The number of halogens is 1. The van der Waals surface area contributed by atoms with Gasteiger partial charge in [0.15, 0.2) is 5.79 Å². The Kier molecular flexibility index (Phi) is 2.85. The van der Waals surface area contributed by atoms with Crippen molar-refractivity contribution in [3.05, 3.63) is 34.9 Å². The maximum Gasteiger partial charge on any atom is 0.184 e.